The van der Waals surface area contributed by atoms with Gasteiger partial charge in [0.1, 0.15) is 0 Å². The van der Waals surface area contributed by atoms with E-state index in [0.29, 0.717) is 11.3 Å². The first-order valence-electron chi connectivity index (χ1n) is 15.9. The maximum absolute atomic E-state index is 10.5. The lowest BCUT2D eigenvalue weighted by atomic mass is 9.93. The molecule has 9 rings (SSSR count). The fourth-order valence-corrected chi connectivity index (χ4v) is 7.33. The van der Waals surface area contributed by atoms with Gasteiger partial charge in [-0.25, -0.2) is 4.85 Å². The first-order valence-corrected chi connectivity index (χ1v) is 15.9. The van der Waals surface area contributed by atoms with Gasteiger partial charge >= 0.3 is 0 Å². The molecule has 9 aromatic rings. The van der Waals surface area contributed by atoms with Crippen molar-refractivity contribution in [1.82, 2.24) is 9.13 Å². The van der Waals surface area contributed by atoms with E-state index in [2.05, 4.69) is 129 Å². The average molecular weight is 611 g/mol. The third-order valence-corrected chi connectivity index (χ3v) is 9.37. The molecule has 0 saturated carbocycles. The van der Waals surface area contributed by atoms with Crippen molar-refractivity contribution < 1.29 is 0 Å². The number of hydrogen-bond donors (Lipinski definition) is 0. The topological polar surface area (TPSA) is 38.0 Å². The summed E-state index contributed by atoms with van der Waals surface area (Å²) in [5.41, 5.74) is 10.9. The van der Waals surface area contributed by atoms with Crippen LogP contribution in [0.25, 0.3) is 82.1 Å². The zero-order valence-corrected chi connectivity index (χ0v) is 25.8. The number of para-hydroxylation sites is 4. The Bertz CT molecular complexity index is 2710. The molecule has 2 aromatic heterocycles. The summed E-state index contributed by atoms with van der Waals surface area (Å²) >= 11 is 0. The predicted molar refractivity (Wildman–Crippen MR) is 197 cm³/mol. The van der Waals surface area contributed by atoms with Gasteiger partial charge in [0.15, 0.2) is 0 Å². The Hall–Kier alpha value is -6.88. The van der Waals surface area contributed by atoms with E-state index in [-0.39, 0.29) is 0 Å². The van der Waals surface area contributed by atoms with Crippen LogP contribution in [0, 0.1) is 17.9 Å². The number of hydrogen-bond acceptors (Lipinski definition) is 1. The van der Waals surface area contributed by atoms with Gasteiger partial charge in [0, 0.05) is 32.8 Å². The molecule has 0 atom stereocenters. The summed E-state index contributed by atoms with van der Waals surface area (Å²) in [5, 5.41) is 15.1. The lowest BCUT2D eigenvalue weighted by molar-refractivity contribution is 1.18. The van der Waals surface area contributed by atoms with Crippen molar-refractivity contribution in [3.63, 3.8) is 0 Å². The van der Waals surface area contributed by atoms with Crippen molar-refractivity contribution in [3.05, 3.63) is 175 Å². The third kappa shape index (κ3) is 4.07. The molecule has 0 N–H and O–H groups in total. The van der Waals surface area contributed by atoms with Gasteiger partial charge in [0.25, 0.3) is 0 Å². The van der Waals surface area contributed by atoms with Crippen LogP contribution >= 0.6 is 0 Å². The van der Waals surface area contributed by atoms with Crippen LogP contribution < -0.4 is 0 Å². The summed E-state index contributed by atoms with van der Waals surface area (Å²) in [6.07, 6.45) is 0. The second-order valence-electron chi connectivity index (χ2n) is 12.0. The Kier molecular flexibility index (Phi) is 6.22. The van der Waals surface area contributed by atoms with Crippen molar-refractivity contribution in [2.75, 3.05) is 0 Å². The number of fused-ring (bicyclic) bond motifs is 6. The standard InChI is InChI=1S/C44H26N4/c1-46-38-25-24-32(28-45)43(44(38)48-41-22-8-4-18-36(41)37-19-5-9-23-42(37)48)31-14-10-12-29(26-31)30-13-11-15-33(27-30)47-39-20-6-2-16-34(39)35-17-3-7-21-40(35)47/h2-27H. The number of rotatable bonds is 4. The van der Waals surface area contributed by atoms with Gasteiger partial charge in [-0.15, -0.1) is 0 Å². The number of nitrogens with zero attached hydrogens (tertiary/aromatic N) is 4. The third-order valence-electron chi connectivity index (χ3n) is 9.37. The van der Waals surface area contributed by atoms with Crippen molar-refractivity contribution in [3.8, 4) is 39.7 Å². The van der Waals surface area contributed by atoms with Gasteiger partial charge in [0.2, 0.25) is 5.69 Å². The van der Waals surface area contributed by atoms with Crippen LogP contribution in [0.1, 0.15) is 5.56 Å². The van der Waals surface area contributed by atoms with Gasteiger partial charge in [-0.1, -0.05) is 115 Å². The minimum atomic E-state index is 0.495. The van der Waals surface area contributed by atoms with E-state index < -0.39 is 0 Å². The van der Waals surface area contributed by atoms with Crippen molar-refractivity contribution in [2.24, 2.45) is 0 Å². The van der Waals surface area contributed by atoms with Gasteiger partial charge in [-0.3, -0.25) is 0 Å². The van der Waals surface area contributed by atoms with Crippen molar-refractivity contribution in [1.29, 1.82) is 5.26 Å². The van der Waals surface area contributed by atoms with Crippen LogP contribution in [-0.2, 0) is 0 Å². The first-order chi connectivity index (χ1) is 23.7. The smallest absolute Gasteiger partial charge is 0.211 e. The Labute approximate surface area is 277 Å². The van der Waals surface area contributed by atoms with Gasteiger partial charge in [-0.2, -0.15) is 5.26 Å². The molecular weight excluding hydrogens is 585 g/mol. The zero-order chi connectivity index (χ0) is 32.2. The highest BCUT2D eigenvalue weighted by Crippen LogP contribution is 2.43. The minimum absolute atomic E-state index is 0.495. The van der Waals surface area contributed by atoms with E-state index in [9.17, 15) is 5.26 Å². The lowest BCUT2D eigenvalue weighted by Gasteiger charge is -2.18. The summed E-state index contributed by atoms with van der Waals surface area (Å²) in [5.74, 6) is 0. The van der Waals surface area contributed by atoms with Gasteiger partial charge < -0.3 is 9.13 Å². The second-order valence-corrected chi connectivity index (χ2v) is 12.0. The normalized spacial score (nSPS) is 11.3. The summed E-state index contributed by atoms with van der Waals surface area (Å²) in [7, 11) is 0. The van der Waals surface area contributed by atoms with Crippen LogP contribution in [0.15, 0.2) is 158 Å². The van der Waals surface area contributed by atoms with E-state index in [1.54, 1.807) is 12.1 Å². The van der Waals surface area contributed by atoms with E-state index in [1.165, 1.54) is 10.8 Å². The highest BCUT2D eigenvalue weighted by atomic mass is 15.0. The van der Waals surface area contributed by atoms with E-state index >= 15 is 0 Å². The highest BCUT2D eigenvalue weighted by molar-refractivity contribution is 6.11. The Morgan fingerprint density at radius 1 is 0.479 bits per heavy atom. The number of aromatic nitrogens is 2. The zero-order valence-electron chi connectivity index (χ0n) is 25.8. The molecule has 4 nitrogen and oxygen atoms in total. The maximum atomic E-state index is 10.5. The van der Waals surface area contributed by atoms with E-state index in [1.807, 2.05) is 36.4 Å². The van der Waals surface area contributed by atoms with Crippen LogP contribution in [0.2, 0.25) is 0 Å². The lowest BCUT2D eigenvalue weighted by Crippen LogP contribution is -2.00. The van der Waals surface area contributed by atoms with Gasteiger partial charge in [0.05, 0.1) is 46.0 Å². The average Bonchev–Trinajstić information content (AvgIpc) is 3.67. The van der Waals surface area contributed by atoms with Crippen molar-refractivity contribution >= 4 is 49.3 Å². The quantitative estimate of drug-likeness (QED) is 0.183. The highest BCUT2D eigenvalue weighted by Gasteiger charge is 2.22. The largest absolute Gasteiger partial charge is 0.318 e. The second kappa shape index (κ2) is 10.9. The Morgan fingerprint density at radius 3 is 1.50 bits per heavy atom. The summed E-state index contributed by atoms with van der Waals surface area (Å²) < 4.78 is 4.48. The van der Waals surface area contributed by atoms with Crippen LogP contribution in [0.3, 0.4) is 0 Å². The molecule has 0 unspecified atom stereocenters. The van der Waals surface area contributed by atoms with Crippen molar-refractivity contribution in [2.45, 2.75) is 0 Å². The molecule has 0 aliphatic carbocycles. The SMILES string of the molecule is [C-]#[N+]c1ccc(C#N)c(-c2cccc(-c3cccc(-n4c5ccccc5c5ccccc54)c3)c2)c1-n1c2ccccc2c2ccccc21. The van der Waals surface area contributed by atoms with Crippen LogP contribution in [0.5, 0.6) is 0 Å². The maximum Gasteiger partial charge on any atom is 0.211 e. The van der Waals surface area contributed by atoms with Crippen LogP contribution in [0.4, 0.5) is 5.69 Å². The monoisotopic (exact) mass is 610 g/mol. The molecule has 4 heteroatoms. The molecule has 48 heavy (non-hydrogen) atoms. The minimum Gasteiger partial charge on any atom is -0.318 e. The summed E-state index contributed by atoms with van der Waals surface area (Å²) in [6.45, 7) is 8.20. The first kappa shape index (κ1) is 27.4. The predicted octanol–water partition coefficient (Wildman–Crippen LogP) is 11.6. The van der Waals surface area contributed by atoms with E-state index in [4.69, 9.17) is 6.57 Å². The molecule has 0 fully saturated rings. The molecule has 0 aliphatic rings. The molecule has 0 radical (unpaired) electrons. The van der Waals surface area contributed by atoms with Gasteiger partial charge in [-0.05, 0) is 59.2 Å². The number of benzene rings is 7. The Morgan fingerprint density at radius 2 is 0.958 bits per heavy atom. The summed E-state index contributed by atoms with van der Waals surface area (Å²) in [6, 6.07) is 56.5. The van der Waals surface area contributed by atoms with E-state index in [0.717, 1.165) is 66.5 Å². The molecule has 0 aliphatic heterocycles. The summed E-state index contributed by atoms with van der Waals surface area (Å²) in [4.78, 5) is 3.99. The number of nitriles is 1. The fraction of sp³-hybridized carbons (Fsp3) is 0. The molecular formula is C44H26N4. The fourth-order valence-electron chi connectivity index (χ4n) is 7.33. The molecule has 0 saturated heterocycles. The molecule has 0 bridgehead atoms. The molecule has 222 valence electrons. The molecule has 0 amide bonds. The molecule has 2 heterocycles. The molecule has 7 aromatic carbocycles. The Balaban J connectivity index is 1.27. The molecule has 0 spiro atoms. The van der Waals surface area contributed by atoms with Crippen LogP contribution in [-0.4, -0.2) is 9.13 Å².